The molecular weight excluding hydrogens is 170 g/mol. The van der Waals surface area contributed by atoms with Crippen molar-refractivity contribution >= 4 is 6.08 Å². The molecule has 0 atom stereocenters. The number of hydrogen-bond acceptors (Lipinski definition) is 1. The molecule has 14 heavy (non-hydrogen) atoms. The maximum absolute atomic E-state index is 3.47. The first-order chi connectivity index (χ1) is 6.90. The van der Waals surface area contributed by atoms with Crippen molar-refractivity contribution in [2.75, 3.05) is 6.54 Å². The lowest BCUT2D eigenvalue weighted by atomic mass is 9.95. The minimum atomic E-state index is 1.09. The van der Waals surface area contributed by atoms with Gasteiger partial charge in [-0.2, -0.15) is 0 Å². The highest BCUT2D eigenvalue weighted by molar-refractivity contribution is 5.58. The van der Waals surface area contributed by atoms with Crippen LogP contribution in [0.15, 0.2) is 30.0 Å². The van der Waals surface area contributed by atoms with Crippen LogP contribution in [0, 0.1) is 0 Å². The second-order valence-electron chi connectivity index (χ2n) is 3.80. The van der Waals surface area contributed by atoms with E-state index in [4.69, 9.17) is 0 Å². The van der Waals surface area contributed by atoms with E-state index in [1.54, 1.807) is 0 Å². The van der Waals surface area contributed by atoms with Gasteiger partial charge in [0, 0.05) is 12.2 Å². The van der Waals surface area contributed by atoms with Gasteiger partial charge in [0.1, 0.15) is 0 Å². The van der Waals surface area contributed by atoms with Crippen LogP contribution in [-0.2, 0) is 6.42 Å². The topological polar surface area (TPSA) is 12.0 Å². The molecule has 1 heteroatoms. The lowest BCUT2D eigenvalue weighted by molar-refractivity contribution is 0.723. The van der Waals surface area contributed by atoms with Crippen molar-refractivity contribution in [1.29, 1.82) is 0 Å². The third kappa shape index (κ3) is 1.98. The first-order valence-corrected chi connectivity index (χ1v) is 5.42. The van der Waals surface area contributed by atoms with Crippen molar-refractivity contribution in [2.45, 2.75) is 26.2 Å². The van der Waals surface area contributed by atoms with Crippen LogP contribution in [0.1, 0.15) is 30.9 Å². The van der Waals surface area contributed by atoms with E-state index in [-0.39, 0.29) is 0 Å². The van der Waals surface area contributed by atoms with Crippen molar-refractivity contribution in [3.63, 3.8) is 0 Å². The largest absolute Gasteiger partial charge is 0.388 e. The van der Waals surface area contributed by atoms with Gasteiger partial charge in [-0.3, -0.25) is 0 Å². The van der Waals surface area contributed by atoms with Crippen LogP contribution >= 0.6 is 0 Å². The van der Waals surface area contributed by atoms with E-state index in [2.05, 4.69) is 42.6 Å². The molecule has 0 fully saturated rings. The Kier molecular flexibility index (Phi) is 2.87. The molecule has 0 bridgehead atoms. The molecule has 0 amide bonds. The van der Waals surface area contributed by atoms with Gasteiger partial charge in [-0.25, -0.2) is 0 Å². The molecule has 1 aromatic carbocycles. The third-order valence-corrected chi connectivity index (χ3v) is 2.65. The van der Waals surface area contributed by atoms with Gasteiger partial charge in [0.05, 0.1) is 0 Å². The molecule has 1 nitrogen and oxygen atoms in total. The number of benzene rings is 1. The van der Waals surface area contributed by atoms with Gasteiger partial charge in [-0.1, -0.05) is 31.2 Å². The van der Waals surface area contributed by atoms with Crippen molar-refractivity contribution in [3.05, 3.63) is 41.1 Å². The second kappa shape index (κ2) is 4.32. The van der Waals surface area contributed by atoms with Gasteiger partial charge in [0.15, 0.2) is 0 Å². The lowest BCUT2D eigenvalue weighted by Gasteiger charge is -2.17. The summed E-state index contributed by atoms with van der Waals surface area (Å²) < 4.78 is 0. The summed E-state index contributed by atoms with van der Waals surface area (Å²) in [6, 6.07) is 8.65. The predicted molar refractivity (Wildman–Crippen MR) is 61.0 cm³/mol. The molecule has 1 N–H and O–H groups in total. The molecule has 74 valence electrons. The van der Waals surface area contributed by atoms with E-state index < -0.39 is 0 Å². The molecular formula is C13H17N. The summed E-state index contributed by atoms with van der Waals surface area (Å²) >= 11 is 0. The van der Waals surface area contributed by atoms with Crippen molar-refractivity contribution in [2.24, 2.45) is 0 Å². The molecule has 1 aliphatic rings. The monoisotopic (exact) mass is 187 g/mol. The van der Waals surface area contributed by atoms with Gasteiger partial charge in [0.2, 0.25) is 0 Å². The zero-order valence-corrected chi connectivity index (χ0v) is 8.72. The summed E-state index contributed by atoms with van der Waals surface area (Å²) in [4.78, 5) is 0. The molecule has 2 rings (SSSR count). The molecule has 0 saturated carbocycles. The van der Waals surface area contributed by atoms with E-state index in [0.717, 1.165) is 13.0 Å². The highest BCUT2D eigenvalue weighted by atomic mass is 14.9. The Balaban J connectivity index is 2.14. The fourth-order valence-electron chi connectivity index (χ4n) is 1.86. The Labute approximate surface area is 85.8 Å². The molecule has 0 heterocycles. The Morgan fingerprint density at radius 1 is 1.21 bits per heavy atom. The van der Waals surface area contributed by atoms with Crippen LogP contribution in [0.2, 0.25) is 0 Å². The van der Waals surface area contributed by atoms with Gasteiger partial charge in [-0.15, -0.1) is 0 Å². The summed E-state index contributed by atoms with van der Waals surface area (Å²) in [7, 11) is 0. The Hall–Kier alpha value is -1.24. The van der Waals surface area contributed by atoms with Crippen molar-refractivity contribution in [1.82, 2.24) is 5.32 Å². The maximum atomic E-state index is 3.47. The van der Waals surface area contributed by atoms with Crippen molar-refractivity contribution < 1.29 is 0 Å². The third-order valence-electron chi connectivity index (χ3n) is 2.65. The normalized spacial score (nSPS) is 14.5. The summed E-state index contributed by atoms with van der Waals surface area (Å²) in [5, 5.41) is 3.47. The average Bonchev–Trinajstić information content (AvgIpc) is 2.26. The van der Waals surface area contributed by atoms with E-state index in [0.29, 0.717) is 0 Å². The number of allylic oxidation sites excluding steroid dienone is 1. The van der Waals surface area contributed by atoms with E-state index in [1.807, 2.05) is 0 Å². The number of fused-ring (bicyclic) bond motifs is 1. The maximum Gasteiger partial charge on any atom is 0.0141 e. The molecule has 1 aliphatic carbocycles. The SMILES string of the molecule is CCCNC1=Cc2ccccc2CC1. The lowest BCUT2D eigenvalue weighted by Crippen LogP contribution is -2.16. The minimum absolute atomic E-state index is 1.09. The molecule has 0 aliphatic heterocycles. The quantitative estimate of drug-likeness (QED) is 0.767. The van der Waals surface area contributed by atoms with Gasteiger partial charge < -0.3 is 5.32 Å². The van der Waals surface area contributed by atoms with E-state index >= 15 is 0 Å². The average molecular weight is 187 g/mol. The van der Waals surface area contributed by atoms with Crippen LogP contribution < -0.4 is 5.32 Å². The fourth-order valence-corrected chi connectivity index (χ4v) is 1.86. The number of nitrogens with one attached hydrogen (secondary N) is 1. The van der Waals surface area contributed by atoms with Gasteiger partial charge >= 0.3 is 0 Å². The predicted octanol–water partition coefficient (Wildman–Crippen LogP) is 2.97. The van der Waals surface area contributed by atoms with Crippen LogP contribution in [0.3, 0.4) is 0 Å². The standard InChI is InChI=1S/C13H17N/c1-2-9-14-13-8-7-11-5-3-4-6-12(11)10-13/h3-6,10,14H,2,7-9H2,1H3. The minimum Gasteiger partial charge on any atom is -0.388 e. The van der Waals surface area contributed by atoms with Crippen LogP contribution in [0.5, 0.6) is 0 Å². The summed E-state index contributed by atoms with van der Waals surface area (Å²) in [5.74, 6) is 0. The van der Waals surface area contributed by atoms with E-state index in [1.165, 1.54) is 29.7 Å². The first kappa shape index (κ1) is 9.32. The Morgan fingerprint density at radius 2 is 2.07 bits per heavy atom. The molecule has 0 aromatic heterocycles. The number of rotatable bonds is 3. The van der Waals surface area contributed by atoms with Crippen molar-refractivity contribution in [3.8, 4) is 0 Å². The van der Waals surface area contributed by atoms with Crippen LogP contribution in [-0.4, -0.2) is 6.54 Å². The zero-order valence-electron chi connectivity index (χ0n) is 8.72. The van der Waals surface area contributed by atoms with Crippen LogP contribution in [0.25, 0.3) is 6.08 Å². The molecule has 0 unspecified atom stereocenters. The van der Waals surface area contributed by atoms with E-state index in [9.17, 15) is 0 Å². The van der Waals surface area contributed by atoms with Crippen LogP contribution in [0.4, 0.5) is 0 Å². The zero-order chi connectivity index (χ0) is 9.80. The Morgan fingerprint density at radius 3 is 2.93 bits per heavy atom. The Bertz CT molecular complexity index is 339. The summed E-state index contributed by atoms with van der Waals surface area (Å²) in [5.41, 5.74) is 4.26. The first-order valence-electron chi connectivity index (χ1n) is 5.42. The second-order valence-corrected chi connectivity index (χ2v) is 3.80. The molecule has 0 radical (unpaired) electrons. The molecule has 1 aromatic rings. The summed E-state index contributed by atoms with van der Waals surface area (Å²) in [6.45, 7) is 3.29. The van der Waals surface area contributed by atoms with Gasteiger partial charge in [0.25, 0.3) is 0 Å². The molecule has 0 saturated heterocycles. The number of aryl methyl sites for hydroxylation is 1. The highest BCUT2D eigenvalue weighted by Gasteiger charge is 2.08. The number of hydrogen-bond donors (Lipinski definition) is 1. The summed E-state index contributed by atoms with van der Waals surface area (Å²) in [6.07, 6.45) is 5.82. The van der Waals surface area contributed by atoms with Gasteiger partial charge in [-0.05, 0) is 36.5 Å². The fraction of sp³-hybridized carbons (Fsp3) is 0.385. The highest BCUT2D eigenvalue weighted by Crippen LogP contribution is 2.21. The molecule has 0 spiro atoms. The smallest absolute Gasteiger partial charge is 0.0141 e.